The van der Waals surface area contributed by atoms with E-state index < -0.39 is 0 Å². The number of halogens is 2. The lowest BCUT2D eigenvalue weighted by molar-refractivity contribution is 0.972. The van der Waals surface area contributed by atoms with Gasteiger partial charge in [-0.05, 0) is 37.1 Å². The van der Waals surface area contributed by atoms with Gasteiger partial charge >= 0.3 is 0 Å². The third-order valence-corrected chi connectivity index (χ3v) is 3.60. The molecular formula is C14H14Cl2N4S. The first-order valence-corrected chi connectivity index (χ1v) is 7.45. The van der Waals surface area contributed by atoms with E-state index in [0.717, 1.165) is 17.7 Å². The Kier molecular flexibility index (Phi) is 5.33. The SMILES string of the molecule is Cc1cc(C(N)=S)nc(NCCc2ccc(Cl)cc2Cl)n1. The molecule has 1 aromatic heterocycles. The molecule has 0 radical (unpaired) electrons. The standard InChI is InChI=1S/C14H14Cl2N4S/c1-8-6-12(13(17)21)20-14(19-8)18-5-4-9-2-3-10(15)7-11(9)16/h2-3,6-7H,4-5H2,1H3,(H2,17,21)(H,18,19,20). The number of nitrogens with zero attached hydrogens (tertiary/aromatic N) is 2. The molecule has 0 saturated carbocycles. The number of hydrogen-bond donors (Lipinski definition) is 2. The average Bonchev–Trinajstić information content (AvgIpc) is 2.40. The summed E-state index contributed by atoms with van der Waals surface area (Å²) >= 11 is 16.9. The fourth-order valence-corrected chi connectivity index (χ4v) is 2.41. The molecule has 2 rings (SSSR count). The number of thiocarbonyl (C=S) groups is 1. The molecule has 110 valence electrons. The molecule has 0 bridgehead atoms. The zero-order chi connectivity index (χ0) is 15.4. The molecule has 3 N–H and O–H groups in total. The Balaban J connectivity index is 2.01. The molecule has 7 heteroatoms. The third kappa shape index (κ3) is 4.52. The summed E-state index contributed by atoms with van der Waals surface area (Å²) in [6.45, 7) is 2.51. The van der Waals surface area contributed by atoms with Crippen LogP contribution in [0.25, 0.3) is 0 Å². The Labute approximate surface area is 138 Å². The van der Waals surface area contributed by atoms with Crippen LogP contribution in [0.3, 0.4) is 0 Å². The van der Waals surface area contributed by atoms with Crippen molar-refractivity contribution in [1.82, 2.24) is 9.97 Å². The summed E-state index contributed by atoms with van der Waals surface area (Å²) in [5, 5.41) is 4.42. The van der Waals surface area contributed by atoms with E-state index in [4.69, 9.17) is 41.2 Å². The highest BCUT2D eigenvalue weighted by molar-refractivity contribution is 7.80. The Morgan fingerprint density at radius 3 is 2.71 bits per heavy atom. The second-order valence-electron chi connectivity index (χ2n) is 4.49. The summed E-state index contributed by atoms with van der Waals surface area (Å²) in [5.74, 6) is 0.503. The highest BCUT2D eigenvalue weighted by atomic mass is 35.5. The van der Waals surface area contributed by atoms with Crippen molar-refractivity contribution in [3.05, 3.63) is 51.3 Å². The van der Waals surface area contributed by atoms with Crippen LogP contribution in [0.1, 0.15) is 17.0 Å². The second-order valence-corrected chi connectivity index (χ2v) is 5.78. The molecule has 4 nitrogen and oxygen atoms in total. The molecule has 0 atom stereocenters. The van der Waals surface area contributed by atoms with Crippen LogP contribution >= 0.6 is 35.4 Å². The highest BCUT2D eigenvalue weighted by Gasteiger charge is 2.05. The summed E-state index contributed by atoms with van der Waals surface area (Å²) in [6, 6.07) is 7.21. The van der Waals surface area contributed by atoms with Crippen LogP contribution in [0, 0.1) is 6.92 Å². The van der Waals surface area contributed by atoms with Gasteiger partial charge in [0.15, 0.2) is 0 Å². The van der Waals surface area contributed by atoms with Crippen LogP contribution in [0.5, 0.6) is 0 Å². The van der Waals surface area contributed by atoms with E-state index >= 15 is 0 Å². The third-order valence-electron chi connectivity index (χ3n) is 2.80. The lowest BCUT2D eigenvalue weighted by Crippen LogP contribution is -2.15. The first-order valence-electron chi connectivity index (χ1n) is 6.29. The van der Waals surface area contributed by atoms with Gasteiger partial charge in [0.05, 0.1) is 0 Å². The van der Waals surface area contributed by atoms with E-state index in [1.807, 2.05) is 19.1 Å². The number of rotatable bonds is 5. The van der Waals surface area contributed by atoms with E-state index in [1.165, 1.54) is 0 Å². The summed E-state index contributed by atoms with van der Waals surface area (Å²) in [6.07, 6.45) is 0.732. The predicted molar refractivity (Wildman–Crippen MR) is 91.3 cm³/mol. The molecule has 0 unspecified atom stereocenters. The van der Waals surface area contributed by atoms with Crippen molar-refractivity contribution < 1.29 is 0 Å². The minimum absolute atomic E-state index is 0.254. The van der Waals surface area contributed by atoms with Gasteiger partial charge in [-0.1, -0.05) is 41.5 Å². The molecule has 0 aliphatic carbocycles. The summed E-state index contributed by atoms with van der Waals surface area (Å²) in [5.41, 5.74) is 7.96. The van der Waals surface area contributed by atoms with E-state index in [0.29, 0.717) is 28.2 Å². The van der Waals surface area contributed by atoms with Gasteiger partial charge in [0.2, 0.25) is 5.95 Å². The monoisotopic (exact) mass is 340 g/mol. The van der Waals surface area contributed by atoms with Crippen LogP contribution < -0.4 is 11.1 Å². The molecule has 21 heavy (non-hydrogen) atoms. The lowest BCUT2D eigenvalue weighted by atomic mass is 10.1. The van der Waals surface area contributed by atoms with Crippen molar-refractivity contribution in [3.63, 3.8) is 0 Å². The van der Waals surface area contributed by atoms with Crippen molar-refractivity contribution in [2.45, 2.75) is 13.3 Å². The molecule has 0 saturated heterocycles. The van der Waals surface area contributed by atoms with Gasteiger partial charge in [-0.15, -0.1) is 0 Å². The minimum atomic E-state index is 0.254. The Morgan fingerprint density at radius 2 is 2.05 bits per heavy atom. The fourth-order valence-electron chi connectivity index (χ4n) is 1.81. The fraction of sp³-hybridized carbons (Fsp3) is 0.214. The number of hydrogen-bond acceptors (Lipinski definition) is 4. The smallest absolute Gasteiger partial charge is 0.223 e. The minimum Gasteiger partial charge on any atom is -0.388 e. The van der Waals surface area contributed by atoms with Crippen LogP contribution in [0.2, 0.25) is 10.0 Å². The molecule has 1 heterocycles. The molecular weight excluding hydrogens is 327 g/mol. The molecule has 0 spiro atoms. The number of nitrogens with one attached hydrogen (secondary N) is 1. The number of aromatic nitrogens is 2. The largest absolute Gasteiger partial charge is 0.388 e. The molecule has 0 amide bonds. The first kappa shape index (κ1) is 15.9. The average molecular weight is 341 g/mol. The van der Waals surface area contributed by atoms with Gasteiger partial charge in [-0.2, -0.15) is 0 Å². The maximum atomic E-state index is 6.13. The molecule has 1 aromatic carbocycles. The van der Waals surface area contributed by atoms with E-state index in [1.54, 1.807) is 12.1 Å². The van der Waals surface area contributed by atoms with Crippen molar-refractivity contribution in [2.24, 2.45) is 5.73 Å². The van der Waals surface area contributed by atoms with Gasteiger partial charge in [-0.3, -0.25) is 0 Å². The zero-order valence-corrected chi connectivity index (χ0v) is 13.7. The van der Waals surface area contributed by atoms with Gasteiger partial charge in [-0.25, -0.2) is 9.97 Å². The van der Waals surface area contributed by atoms with Gasteiger partial charge < -0.3 is 11.1 Å². The lowest BCUT2D eigenvalue weighted by Gasteiger charge is -2.08. The molecule has 0 aliphatic rings. The summed E-state index contributed by atoms with van der Waals surface area (Å²) < 4.78 is 0. The normalized spacial score (nSPS) is 10.4. The quantitative estimate of drug-likeness (QED) is 0.817. The zero-order valence-electron chi connectivity index (χ0n) is 11.4. The topological polar surface area (TPSA) is 63.8 Å². The number of benzene rings is 1. The second kappa shape index (κ2) is 7.02. The molecule has 2 aromatic rings. The van der Waals surface area contributed by atoms with Crippen molar-refractivity contribution >= 4 is 46.4 Å². The van der Waals surface area contributed by atoms with E-state index in [9.17, 15) is 0 Å². The van der Waals surface area contributed by atoms with Crippen LogP contribution in [0.4, 0.5) is 5.95 Å². The predicted octanol–water partition coefficient (Wildman–Crippen LogP) is 3.38. The Morgan fingerprint density at radius 1 is 1.29 bits per heavy atom. The van der Waals surface area contributed by atoms with Crippen molar-refractivity contribution in [1.29, 1.82) is 0 Å². The van der Waals surface area contributed by atoms with Crippen LogP contribution in [-0.2, 0) is 6.42 Å². The van der Waals surface area contributed by atoms with Crippen LogP contribution in [0.15, 0.2) is 24.3 Å². The van der Waals surface area contributed by atoms with E-state index in [-0.39, 0.29) is 4.99 Å². The number of aryl methyl sites for hydroxylation is 1. The Hall–Kier alpha value is -1.43. The van der Waals surface area contributed by atoms with Gasteiger partial charge in [0.1, 0.15) is 10.7 Å². The molecule has 0 aliphatic heterocycles. The van der Waals surface area contributed by atoms with Crippen LogP contribution in [-0.4, -0.2) is 21.5 Å². The summed E-state index contributed by atoms with van der Waals surface area (Å²) in [4.78, 5) is 8.80. The maximum Gasteiger partial charge on any atom is 0.223 e. The first-order chi connectivity index (χ1) is 9.95. The highest BCUT2D eigenvalue weighted by Crippen LogP contribution is 2.21. The number of nitrogens with two attached hydrogens (primary N) is 1. The van der Waals surface area contributed by atoms with Gasteiger partial charge in [0.25, 0.3) is 0 Å². The number of anilines is 1. The Bertz CT molecular complexity index is 676. The summed E-state index contributed by atoms with van der Waals surface area (Å²) in [7, 11) is 0. The van der Waals surface area contributed by atoms with Gasteiger partial charge in [0, 0.05) is 22.3 Å². The van der Waals surface area contributed by atoms with Crippen molar-refractivity contribution in [2.75, 3.05) is 11.9 Å². The molecule has 0 fully saturated rings. The maximum absolute atomic E-state index is 6.13. The van der Waals surface area contributed by atoms with Crippen molar-refractivity contribution in [3.8, 4) is 0 Å². The van der Waals surface area contributed by atoms with E-state index in [2.05, 4.69) is 15.3 Å².